The number of anilines is 3. The Balaban J connectivity index is 2.00. The minimum absolute atomic E-state index is 0.138. The number of benzene rings is 1. The van der Waals surface area contributed by atoms with Crippen LogP contribution in [-0.4, -0.2) is 28.2 Å². The highest BCUT2D eigenvalue weighted by atomic mass is 19.1. The molecule has 1 heterocycles. The summed E-state index contributed by atoms with van der Waals surface area (Å²) >= 11 is 0. The molecule has 2 rings (SSSR count). The van der Waals surface area contributed by atoms with E-state index in [1.54, 1.807) is 18.2 Å². The molecule has 0 radical (unpaired) electrons. The van der Waals surface area contributed by atoms with Crippen molar-refractivity contribution in [3.63, 3.8) is 0 Å². The van der Waals surface area contributed by atoms with E-state index in [0.717, 1.165) is 5.69 Å². The van der Waals surface area contributed by atoms with Crippen LogP contribution in [0.4, 0.5) is 21.7 Å². The lowest BCUT2D eigenvalue weighted by atomic mass is 10.3. The van der Waals surface area contributed by atoms with Crippen molar-refractivity contribution in [3.8, 4) is 0 Å². The maximum absolute atomic E-state index is 12.8. The van der Waals surface area contributed by atoms with Crippen LogP contribution in [-0.2, 0) is 0 Å². The lowest BCUT2D eigenvalue weighted by Crippen LogP contribution is -2.06. The van der Waals surface area contributed by atoms with E-state index >= 15 is 0 Å². The topological polar surface area (TPSA) is 70.1 Å². The van der Waals surface area contributed by atoms with Gasteiger partial charge in [0.2, 0.25) is 0 Å². The van der Waals surface area contributed by atoms with Crippen molar-refractivity contribution in [2.45, 2.75) is 6.42 Å². The van der Waals surface area contributed by atoms with Crippen LogP contribution < -0.4 is 10.6 Å². The quantitative estimate of drug-likeness (QED) is 0.696. The zero-order valence-electron chi connectivity index (χ0n) is 10.3. The molecule has 1 aromatic carbocycles. The van der Waals surface area contributed by atoms with Crippen molar-refractivity contribution in [1.82, 2.24) is 9.97 Å². The smallest absolute Gasteiger partial charge is 0.135 e. The molecule has 5 nitrogen and oxygen atoms in total. The fraction of sp³-hybridized carbons (Fsp3) is 0.231. The molecule has 6 heteroatoms. The summed E-state index contributed by atoms with van der Waals surface area (Å²) in [6.45, 7) is 0.780. The van der Waals surface area contributed by atoms with Crippen molar-refractivity contribution in [2.24, 2.45) is 0 Å². The van der Waals surface area contributed by atoms with Crippen LogP contribution in [0.25, 0.3) is 0 Å². The van der Waals surface area contributed by atoms with Gasteiger partial charge in [-0.2, -0.15) is 0 Å². The van der Waals surface area contributed by atoms with Gasteiger partial charge in [0.25, 0.3) is 0 Å². The average Bonchev–Trinajstić information content (AvgIpc) is 2.42. The standard InChI is InChI=1S/C13H15FN4O/c14-10-2-4-11(5-3-10)18-13-8-12(16-9-17-13)15-6-1-7-19/h2-5,8-9,19H,1,6-7H2,(H2,15,16,17,18). The van der Waals surface area contributed by atoms with Gasteiger partial charge in [0, 0.05) is 24.9 Å². The molecule has 0 bridgehead atoms. The summed E-state index contributed by atoms with van der Waals surface area (Å²) in [5, 5.41) is 14.8. The van der Waals surface area contributed by atoms with E-state index < -0.39 is 0 Å². The lowest BCUT2D eigenvalue weighted by Gasteiger charge is -2.08. The first-order chi connectivity index (χ1) is 9.28. The summed E-state index contributed by atoms with van der Waals surface area (Å²) in [6, 6.07) is 7.78. The van der Waals surface area contributed by atoms with Gasteiger partial charge in [-0.1, -0.05) is 0 Å². The van der Waals surface area contributed by atoms with Gasteiger partial charge >= 0.3 is 0 Å². The summed E-state index contributed by atoms with van der Waals surface area (Å²) in [4.78, 5) is 8.14. The molecule has 3 N–H and O–H groups in total. The van der Waals surface area contributed by atoms with Crippen LogP contribution in [0.2, 0.25) is 0 Å². The highest BCUT2D eigenvalue weighted by Gasteiger charge is 1.99. The molecule has 0 saturated heterocycles. The molecule has 0 saturated carbocycles. The van der Waals surface area contributed by atoms with Gasteiger partial charge in [-0.25, -0.2) is 14.4 Å². The predicted molar refractivity (Wildman–Crippen MR) is 71.9 cm³/mol. The van der Waals surface area contributed by atoms with Gasteiger partial charge in [0.1, 0.15) is 23.8 Å². The molecule has 0 spiro atoms. The molecule has 0 aliphatic rings. The Bertz CT molecular complexity index is 518. The summed E-state index contributed by atoms with van der Waals surface area (Å²) in [5.41, 5.74) is 0.751. The highest BCUT2D eigenvalue weighted by Crippen LogP contribution is 2.16. The molecule has 19 heavy (non-hydrogen) atoms. The van der Waals surface area contributed by atoms with Gasteiger partial charge in [-0.3, -0.25) is 0 Å². The fourth-order valence-electron chi connectivity index (χ4n) is 1.50. The lowest BCUT2D eigenvalue weighted by molar-refractivity contribution is 0.292. The molecule has 0 unspecified atom stereocenters. The third-order valence-corrected chi connectivity index (χ3v) is 2.42. The first-order valence-corrected chi connectivity index (χ1v) is 5.97. The number of halogens is 1. The third kappa shape index (κ3) is 4.18. The van der Waals surface area contributed by atoms with Crippen LogP contribution in [0.5, 0.6) is 0 Å². The molecule has 0 fully saturated rings. The number of hydrogen-bond donors (Lipinski definition) is 3. The SMILES string of the molecule is OCCCNc1cc(Nc2ccc(F)cc2)ncn1. The van der Waals surface area contributed by atoms with Crippen molar-refractivity contribution < 1.29 is 9.50 Å². The zero-order valence-corrected chi connectivity index (χ0v) is 10.3. The fourth-order valence-corrected chi connectivity index (χ4v) is 1.50. The molecule has 2 aromatic rings. The number of nitrogens with zero attached hydrogens (tertiary/aromatic N) is 2. The van der Waals surface area contributed by atoms with Crippen molar-refractivity contribution >= 4 is 17.3 Å². The van der Waals surface area contributed by atoms with Crippen LogP contribution in [0.3, 0.4) is 0 Å². The molecule has 0 atom stereocenters. The van der Waals surface area contributed by atoms with Gasteiger partial charge in [-0.15, -0.1) is 0 Å². The Morgan fingerprint density at radius 1 is 1.11 bits per heavy atom. The van der Waals surface area contributed by atoms with E-state index in [2.05, 4.69) is 20.6 Å². The molecular formula is C13H15FN4O. The highest BCUT2D eigenvalue weighted by molar-refractivity contribution is 5.58. The molecule has 1 aromatic heterocycles. The normalized spacial score (nSPS) is 10.2. The Kier molecular flexibility index (Phi) is 4.63. The average molecular weight is 262 g/mol. The van der Waals surface area contributed by atoms with Gasteiger partial charge in [0.05, 0.1) is 0 Å². The van der Waals surface area contributed by atoms with Crippen LogP contribution in [0.15, 0.2) is 36.7 Å². The van der Waals surface area contributed by atoms with E-state index in [1.165, 1.54) is 18.5 Å². The Labute approximate surface area is 110 Å². The maximum Gasteiger partial charge on any atom is 0.135 e. The van der Waals surface area contributed by atoms with Crippen LogP contribution in [0.1, 0.15) is 6.42 Å². The van der Waals surface area contributed by atoms with Crippen molar-refractivity contribution in [3.05, 3.63) is 42.5 Å². The van der Waals surface area contributed by atoms with Gasteiger partial charge < -0.3 is 15.7 Å². The third-order valence-electron chi connectivity index (χ3n) is 2.42. The van der Waals surface area contributed by atoms with E-state index in [-0.39, 0.29) is 12.4 Å². The Morgan fingerprint density at radius 3 is 2.58 bits per heavy atom. The number of aliphatic hydroxyl groups excluding tert-OH is 1. The van der Waals surface area contributed by atoms with Crippen molar-refractivity contribution in [1.29, 1.82) is 0 Å². The predicted octanol–water partition coefficient (Wildman–Crippen LogP) is 2.15. The first kappa shape index (κ1) is 13.2. The largest absolute Gasteiger partial charge is 0.396 e. The van der Waals surface area contributed by atoms with Crippen LogP contribution >= 0.6 is 0 Å². The monoisotopic (exact) mass is 262 g/mol. The summed E-state index contributed by atoms with van der Waals surface area (Å²) in [5.74, 6) is 1.01. The maximum atomic E-state index is 12.8. The zero-order chi connectivity index (χ0) is 13.5. The molecular weight excluding hydrogens is 247 g/mol. The van der Waals surface area contributed by atoms with E-state index in [0.29, 0.717) is 24.6 Å². The van der Waals surface area contributed by atoms with E-state index in [4.69, 9.17) is 5.11 Å². The Hall–Kier alpha value is -2.21. The number of rotatable bonds is 6. The van der Waals surface area contributed by atoms with Crippen LogP contribution in [0, 0.1) is 5.82 Å². The molecule has 0 aliphatic heterocycles. The second-order valence-electron chi connectivity index (χ2n) is 3.92. The van der Waals surface area contributed by atoms with Gasteiger partial charge in [0.15, 0.2) is 0 Å². The second kappa shape index (κ2) is 6.65. The molecule has 100 valence electrons. The summed E-state index contributed by atoms with van der Waals surface area (Å²) in [7, 11) is 0. The molecule has 0 amide bonds. The molecule has 0 aliphatic carbocycles. The number of nitrogens with one attached hydrogen (secondary N) is 2. The summed E-state index contributed by atoms with van der Waals surface area (Å²) < 4.78 is 12.8. The number of aromatic nitrogens is 2. The number of aliphatic hydroxyl groups is 1. The van der Waals surface area contributed by atoms with Crippen molar-refractivity contribution in [2.75, 3.05) is 23.8 Å². The van der Waals surface area contributed by atoms with E-state index in [9.17, 15) is 4.39 Å². The first-order valence-electron chi connectivity index (χ1n) is 5.97. The number of hydrogen-bond acceptors (Lipinski definition) is 5. The summed E-state index contributed by atoms with van der Waals surface area (Å²) in [6.07, 6.45) is 2.10. The van der Waals surface area contributed by atoms with Gasteiger partial charge in [-0.05, 0) is 30.7 Å². The Morgan fingerprint density at radius 2 is 1.84 bits per heavy atom. The van der Waals surface area contributed by atoms with E-state index in [1.807, 2.05) is 0 Å². The minimum Gasteiger partial charge on any atom is -0.396 e. The second-order valence-corrected chi connectivity index (χ2v) is 3.92. The minimum atomic E-state index is -0.278.